The third-order valence-electron chi connectivity index (χ3n) is 6.36. The van der Waals surface area contributed by atoms with E-state index in [2.05, 4.69) is 0 Å². The molecule has 0 radical (unpaired) electrons. The summed E-state index contributed by atoms with van der Waals surface area (Å²) in [6.07, 6.45) is -0.144. The van der Waals surface area contributed by atoms with Crippen LogP contribution in [0.15, 0.2) is 66.7 Å². The molecule has 2 saturated heterocycles. The number of hydrogen-bond donors (Lipinski definition) is 0. The first-order chi connectivity index (χ1) is 17.9. The SMILES string of the molecule is CCCOc1ccc([C@@H]2[C@H]3C(=O)N(c4ccc(Cl)c(Cl)c4)C(=O)[C@H]3ON2c2ccccc2)cc1OCC. The highest BCUT2D eigenvalue weighted by Crippen LogP contribution is 2.49. The van der Waals surface area contributed by atoms with Gasteiger partial charge in [0.05, 0.1) is 40.7 Å². The summed E-state index contributed by atoms with van der Waals surface area (Å²) in [6, 6.07) is 19.1. The highest BCUT2D eigenvalue weighted by atomic mass is 35.5. The number of carbonyl (C=O) groups is 2. The number of amides is 2. The van der Waals surface area contributed by atoms with Gasteiger partial charge in [0, 0.05) is 0 Å². The Morgan fingerprint density at radius 3 is 2.32 bits per heavy atom. The van der Waals surface area contributed by atoms with E-state index in [0.29, 0.717) is 35.4 Å². The fraction of sp³-hybridized carbons (Fsp3) is 0.286. The van der Waals surface area contributed by atoms with Crippen molar-refractivity contribution in [3.8, 4) is 11.5 Å². The average molecular weight is 541 g/mol. The largest absolute Gasteiger partial charge is 0.490 e. The number of hydrogen-bond acceptors (Lipinski definition) is 6. The van der Waals surface area contributed by atoms with Crippen LogP contribution < -0.4 is 19.4 Å². The van der Waals surface area contributed by atoms with E-state index in [-0.39, 0.29) is 10.9 Å². The van der Waals surface area contributed by atoms with Crippen LogP contribution in [0.1, 0.15) is 31.9 Å². The van der Waals surface area contributed by atoms with E-state index in [1.54, 1.807) is 17.2 Å². The maximum atomic E-state index is 13.8. The van der Waals surface area contributed by atoms with Crippen molar-refractivity contribution >= 4 is 46.4 Å². The number of ether oxygens (including phenoxy) is 2. The van der Waals surface area contributed by atoms with Crippen molar-refractivity contribution in [2.75, 3.05) is 23.2 Å². The maximum Gasteiger partial charge on any atom is 0.266 e. The Bertz CT molecular complexity index is 1320. The van der Waals surface area contributed by atoms with E-state index in [0.717, 1.165) is 22.6 Å². The van der Waals surface area contributed by atoms with Crippen molar-refractivity contribution in [2.24, 2.45) is 5.92 Å². The van der Waals surface area contributed by atoms with Gasteiger partial charge in [0.25, 0.3) is 5.91 Å². The van der Waals surface area contributed by atoms with E-state index < -0.39 is 24.0 Å². The van der Waals surface area contributed by atoms with Crippen LogP contribution in [0.5, 0.6) is 11.5 Å². The van der Waals surface area contributed by atoms with Gasteiger partial charge in [0.15, 0.2) is 17.6 Å². The minimum absolute atomic E-state index is 0.254. The fourth-order valence-electron chi connectivity index (χ4n) is 4.74. The lowest BCUT2D eigenvalue weighted by Gasteiger charge is -2.29. The molecule has 7 nitrogen and oxygen atoms in total. The number of para-hydroxylation sites is 1. The number of benzene rings is 3. The molecule has 0 bridgehead atoms. The Kier molecular flexibility index (Phi) is 7.29. The van der Waals surface area contributed by atoms with Crippen LogP contribution in [0.2, 0.25) is 10.0 Å². The molecule has 2 fully saturated rings. The summed E-state index contributed by atoms with van der Waals surface area (Å²) in [5.74, 6) is -0.423. The minimum atomic E-state index is -1.00. The number of halogens is 2. The molecule has 3 atom stereocenters. The molecule has 2 aliphatic rings. The lowest BCUT2D eigenvalue weighted by atomic mass is 9.90. The Morgan fingerprint density at radius 1 is 0.838 bits per heavy atom. The first-order valence-electron chi connectivity index (χ1n) is 12.2. The van der Waals surface area contributed by atoms with E-state index in [9.17, 15) is 9.59 Å². The summed E-state index contributed by atoms with van der Waals surface area (Å²) < 4.78 is 11.7. The summed E-state index contributed by atoms with van der Waals surface area (Å²) in [6.45, 7) is 4.93. The lowest BCUT2D eigenvalue weighted by molar-refractivity contribution is -0.126. The Hall–Kier alpha value is -3.26. The summed E-state index contributed by atoms with van der Waals surface area (Å²) >= 11 is 12.2. The van der Waals surface area contributed by atoms with Crippen LogP contribution in [-0.2, 0) is 14.4 Å². The Balaban J connectivity index is 1.57. The molecule has 0 spiro atoms. The molecule has 2 aliphatic heterocycles. The van der Waals surface area contributed by atoms with Crippen LogP contribution in [0.25, 0.3) is 0 Å². The van der Waals surface area contributed by atoms with Crippen LogP contribution in [0.3, 0.4) is 0 Å². The van der Waals surface area contributed by atoms with Crippen molar-refractivity contribution < 1.29 is 23.9 Å². The van der Waals surface area contributed by atoms with E-state index in [1.165, 1.54) is 6.07 Å². The van der Waals surface area contributed by atoms with Crippen molar-refractivity contribution in [3.63, 3.8) is 0 Å². The number of nitrogens with zero attached hydrogens (tertiary/aromatic N) is 2. The summed E-state index contributed by atoms with van der Waals surface area (Å²) in [7, 11) is 0. The maximum absolute atomic E-state index is 13.8. The molecule has 3 aromatic carbocycles. The normalized spacial score (nSPS) is 20.9. The molecule has 192 valence electrons. The van der Waals surface area contributed by atoms with Crippen molar-refractivity contribution in [2.45, 2.75) is 32.4 Å². The Morgan fingerprint density at radius 2 is 1.62 bits per heavy atom. The van der Waals surface area contributed by atoms with Gasteiger partial charge < -0.3 is 9.47 Å². The number of hydroxylamine groups is 1. The van der Waals surface area contributed by atoms with Crippen LogP contribution >= 0.6 is 23.2 Å². The molecule has 3 aromatic rings. The lowest BCUT2D eigenvalue weighted by Crippen LogP contribution is -2.37. The first kappa shape index (κ1) is 25.4. The quantitative estimate of drug-likeness (QED) is 0.315. The first-order valence-corrected chi connectivity index (χ1v) is 12.9. The van der Waals surface area contributed by atoms with Gasteiger partial charge in [-0.15, -0.1) is 0 Å². The monoisotopic (exact) mass is 540 g/mol. The smallest absolute Gasteiger partial charge is 0.266 e. The summed E-state index contributed by atoms with van der Waals surface area (Å²) in [5, 5.41) is 2.24. The molecule has 0 N–H and O–H groups in total. The molecule has 0 saturated carbocycles. The second-order valence-electron chi connectivity index (χ2n) is 8.76. The molecule has 2 heterocycles. The van der Waals surface area contributed by atoms with Gasteiger partial charge in [-0.2, -0.15) is 0 Å². The number of rotatable bonds is 8. The number of imide groups is 1. The molecule has 0 unspecified atom stereocenters. The van der Waals surface area contributed by atoms with Gasteiger partial charge in [-0.1, -0.05) is 54.4 Å². The molecule has 2 amide bonds. The molecule has 5 rings (SSSR count). The third-order valence-corrected chi connectivity index (χ3v) is 7.10. The van der Waals surface area contributed by atoms with Gasteiger partial charge in [0.1, 0.15) is 5.92 Å². The average Bonchev–Trinajstić information content (AvgIpc) is 3.41. The topological polar surface area (TPSA) is 68.3 Å². The number of anilines is 2. The van der Waals surface area contributed by atoms with E-state index in [4.69, 9.17) is 37.5 Å². The van der Waals surface area contributed by atoms with Crippen LogP contribution in [0.4, 0.5) is 11.4 Å². The van der Waals surface area contributed by atoms with E-state index >= 15 is 0 Å². The zero-order chi connectivity index (χ0) is 26.1. The van der Waals surface area contributed by atoms with Crippen LogP contribution in [0, 0.1) is 5.92 Å². The number of fused-ring (bicyclic) bond motifs is 1. The van der Waals surface area contributed by atoms with Gasteiger partial charge in [0.2, 0.25) is 5.91 Å². The van der Waals surface area contributed by atoms with Gasteiger partial charge in [-0.3, -0.25) is 14.4 Å². The molecule has 0 aliphatic carbocycles. The van der Waals surface area contributed by atoms with Crippen molar-refractivity contribution in [3.05, 3.63) is 82.3 Å². The highest BCUT2D eigenvalue weighted by molar-refractivity contribution is 6.42. The molecule has 0 aromatic heterocycles. The Labute approximate surface area is 225 Å². The minimum Gasteiger partial charge on any atom is -0.490 e. The zero-order valence-electron chi connectivity index (χ0n) is 20.4. The van der Waals surface area contributed by atoms with Crippen molar-refractivity contribution in [1.29, 1.82) is 0 Å². The number of carbonyl (C=O) groups excluding carboxylic acids is 2. The molecular weight excluding hydrogens is 515 g/mol. The van der Waals surface area contributed by atoms with Crippen molar-refractivity contribution in [1.82, 2.24) is 0 Å². The predicted molar refractivity (Wildman–Crippen MR) is 142 cm³/mol. The standard InChI is InChI=1S/C28H26Cl2N2O5/c1-3-14-36-22-13-10-17(15-23(22)35-4-2)25-24-26(37-32(25)18-8-6-5-7-9-18)28(34)31(27(24)33)19-11-12-20(29)21(30)16-19/h5-13,15-16,24-26H,3-4,14H2,1-2H3/t24-,25-,26+/m1/s1. The second kappa shape index (κ2) is 10.6. The van der Waals surface area contributed by atoms with Gasteiger partial charge >= 0.3 is 0 Å². The predicted octanol–water partition coefficient (Wildman–Crippen LogP) is 6.23. The van der Waals surface area contributed by atoms with Gasteiger partial charge in [-0.05, 0) is 61.4 Å². The van der Waals surface area contributed by atoms with Crippen LogP contribution in [-0.4, -0.2) is 31.1 Å². The highest BCUT2D eigenvalue weighted by Gasteiger charge is 2.60. The zero-order valence-corrected chi connectivity index (χ0v) is 21.9. The molecule has 37 heavy (non-hydrogen) atoms. The van der Waals surface area contributed by atoms with E-state index in [1.807, 2.05) is 62.4 Å². The fourth-order valence-corrected chi connectivity index (χ4v) is 5.03. The third kappa shape index (κ3) is 4.63. The molecule has 9 heteroatoms. The summed E-state index contributed by atoms with van der Waals surface area (Å²) in [5.41, 5.74) is 1.85. The van der Waals surface area contributed by atoms with Gasteiger partial charge in [-0.25, -0.2) is 9.96 Å². The second-order valence-corrected chi connectivity index (χ2v) is 9.57. The molecular formula is C28H26Cl2N2O5. The summed E-state index contributed by atoms with van der Waals surface area (Å²) in [4.78, 5) is 34.7.